The van der Waals surface area contributed by atoms with Crippen LogP contribution in [0.15, 0.2) is 0 Å². The number of rotatable bonds is 4. The number of hydrogen-bond donors (Lipinski definition) is 1. The van der Waals surface area contributed by atoms with Crippen LogP contribution in [0.2, 0.25) is 0 Å². The lowest BCUT2D eigenvalue weighted by atomic mass is 9.70. The number of hydrogen-bond acceptors (Lipinski definition) is 1. The molecule has 0 saturated heterocycles. The summed E-state index contributed by atoms with van der Waals surface area (Å²) >= 11 is 0. The molecule has 2 fully saturated rings. The van der Waals surface area contributed by atoms with Crippen LogP contribution in [-0.4, -0.2) is 12.6 Å². The molecule has 1 heteroatoms. The van der Waals surface area contributed by atoms with E-state index in [9.17, 15) is 0 Å². The minimum Gasteiger partial charge on any atom is -0.314 e. The Hall–Kier alpha value is -0.0400. The van der Waals surface area contributed by atoms with E-state index < -0.39 is 0 Å². The summed E-state index contributed by atoms with van der Waals surface area (Å²) < 4.78 is 0. The lowest BCUT2D eigenvalue weighted by Crippen LogP contribution is -2.44. The molecule has 0 spiro atoms. The van der Waals surface area contributed by atoms with E-state index in [1.54, 1.807) is 0 Å². The molecule has 0 aromatic carbocycles. The van der Waals surface area contributed by atoms with Gasteiger partial charge in [0.1, 0.15) is 0 Å². The van der Waals surface area contributed by atoms with Gasteiger partial charge in [-0.2, -0.15) is 0 Å². The van der Waals surface area contributed by atoms with Crippen molar-refractivity contribution in [3.8, 4) is 0 Å². The van der Waals surface area contributed by atoms with Crippen molar-refractivity contribution in [3.63, 3.8) is 0 Å². The lowest BCUT2D eigenvalue weighted by molar-refractivity contribution is 0.141. The Morgan fingerprint density at radius 3 is 2.11 bits per heavy atom. The molecule has 2 rings (SSSR count). The molecular weight excluding hydrogens is 218 g/mol. The highest BCUT2D eigenvalue weighted by molar-refractivity contribution is 4.90. The Kier molecular flexibility index (Phi) is 5.12. The molecule has 0 radical (unpaired) electrons. The zero-order valence-corrected chi connectivity index (χ0v) is 12.9. The molecule has 106 valence electrons. The molecule has 0 aromatic rings. The van der Waals surface area contributed by atoms with E-state index in [4.69, 9.17) is 0 Å². The van der Waals surface area contributed by atoms with Crippen LogP contribution in [0.25, 0.3) is 0 Å². The Labute approximate surface area is 114 Å². The maximum atomic E-state index is 3.85. The summed E-state index contributed by atoms with van der Waals surface area (Å²) in [5.74, 6) is 4.77. The van der Waals surface area contributed by atoms with Gasteiger partial charge in [0.15, 0.2) is 0 Å². The highest BCUT2D eigenvalue weighted by atomic mass is 14.9. The molecule has 0 heterocycles. The smallest absolute Gasteiger partial charge is 0.0124 e. The third-order valence-electron chi connectivity index (χ3n) is 5.83. The Bertz CT molecular complexity index is 250. The molecule has 2 aliphatic carbocycles. The average molecular weight is 251 g/mol. The second-order valence-electron chi connectivity index (χ2n) is 7.29. The van der Waals surface area contributed by atoms with Crippen molar-refractivity contribution < 1.29 is 0 Å². The largest absolute Gasteiger partial charge is 0.314 e. The van der Waals surface area contributed by atoms with Gasteiger partial charge in [-0.3, -0.25) is 0 Å². The van der Waals surface area contributed by atoms with Gasteiger partial charge >= 0.3 is 0 Å². The van der Waals surface area contributed by atoms with Crippen molar-refractivity contribution in [2.45, 2.75) is 72.3 Å². The summed E-state index contributed by atoms with van der Waals surface area (Å²) in [5, 5.41) is 3.85. The van der Waals surface area contributed by atoms with Crippen molar-refractivity contribution in [1.29, 1.82) is 0 Å². The second-order valence-corrected chi connectivity index (χ2v) is 7.29. The summed E-state index contributed by atoms with van der Waals surface area (Å²) in [5.41, 5.74) is 0. The Morgan fingerprint density at radius 2 is 1.56 bits per heavy atom. The quantitative estimate of drug-likeness (QED) is 0.777. The first-order chi connectivity index (χ1) is 8.61. The molecule has 6 atom stereocenters. The maximum absolute atomic E-state index is 3.85. The first kappa shape index (κ1) is 14.4. The van der Waals surface area contributed by atoms with E-state index in [2.05, 4.69) is 33.0 Å². The summed E-state index contributed by atoms with van der Waals surface area (Å²) in [7, 11) is 0. The Morgan fingerprint density at radius 1 is 0.889 bits per heavy atom. The van der Waals surface area contributed by atoms with E-state index in [1.807, 2.05) is 0 Å². The molecule has 6 unspecified atom stereocenters. The van der Waals surface area contributed by atoms with E-state index in [0.29, 0.717) is 0 Å². The normalized spacial score (nSPS) is 43.0. The lowest BCUT2D eigenvalue weighted by Gasteiger charge is -2.39. The average Bonchev–Trinajstić information content (AvgIpc) is 2.76. The predicted molar refractivity (Wildman–Crippen MR) is 79.6 cm³/mol. The summed E-state index contributed by atoms with van der Waals surface area (Å²) in [6, 6.07) is 0.815. The number of nitrogens with one attached hydrogen (secondary N) is 1. The van der Waals surface area contributed by atoms with E-state index in [-0.39, 0.29) is 0 Å². The first-order valence-electron chi connectivity index (χ1n) is 8.35. The van der Waals surface area contributed by atoms with Crippen LogP contribution >= 0.6 is 0 Å². The van der Waals surface area contributed by atoms with Gasteiger partial charge in [-0.05, 0) is 61.8 Å². The van der Waals surface area contributed by atoms with Crippen LogP contribution in [0.1, 0.15) is 66.2 Å². The van der Waals surface area contributed by atoms with Gasteiger partial charge in [0, 0.05) is 6.04 Å². The standard InChI is InChI=1S/C17H33N/c1-5-18-17(15-8-6-12(2)10-15)16-9-7-13(3)14(4)11-16/h12-18H,5-11H2,1-4H3. The maximum Gasteiger partial charge on any atom is 0.0124 e. The second kappa shape index (κ2) is 6.41. The van der Waals surface area contributed by atoms with Crippen molar-refractivity contribution in [2.75, 3.05) is 6.54 Å². The molecule has 2 aliphatic rings. The molecule has 0 aromatic heterocycles. The highest BCUT2D eigenvalue weighted by Crippen LogP contribution is 2.41. The topological polar surface area (TPSA) is 12.0 Å². The zero-order chi connectivity index (χ0) is 13.1. The Balaban J connectivity index is 1.96. The van der Waals surface area contributed by atoms with Gasteiger partial charge < -0.3 is 5.32 Å². The van der Waals surface area contributed by atoms with Crippen LogP contribution in [0.4, 0.5) is 0 Å². The molecule has 2 saturated carbocycles. The highest BCUT2D eigenvalue weighted by Gasteiger charge is 2.36. The summed E-state index contributed by atoms with van der Waals surface area (Å²) in [6.45, 7) is 10.8. The fourth-order valence-corrected chi connectivity index (χ4v) is 4.45. The SMILES string of the molecule is CCNC(C1CCC(C)C1)C1CCC(C)C(C)C1. The minimum atomic E-state index is 0.815. The third-order valence-corrected chi connectivity index (χ3v) is 5.83. The molecule has 18 heavy (non-hydrogen) atoms. The first-order valence-corrected chi connectivity index (χ1v) is 8.35. The van der Waals surface area contributed by atoms with Crippen LogP contribution in [-0.2, 0) is 0 Å². The van der Waals surface area contributed by atoms with Gasteiger partial charge in [-0.15, -0.1) is 0 Å². The molecule has 0 bridgehead atoms. The van der Waals surface area contributed by atoms with Gasteiger partial charge in [0.05, 0.1) is 0 Å². The van der Waals surface area contributed by atoms with Crippen molar-refractivity contribution in [3.05, 3.63) is 0 Å². The molecule has 0 aliphatic heterocycles. The third kappa shape index (κ3) is 3.29. The van der Waals surface area contributed by atoms with Gasteiger partial charge in [0.25, 0.3) is 0 Å². The van der Waals surface area contributed by atoms with Gasteiger partial charge in [0.2, 0.25) is 0 Å². The van der Waals surface area contributed by atoms with E-state index >= 15 is 0 Å². The minimum absolute atomic E-state index is 0.815. The fraction of sp³-hybridized carbons (Fsp3) is 1.00. The van der Waals surface area contributed by atoms with Crippen LogP contribution in [0.3, 0.4) is 0 Å². The van der Waals surface area contributed by atoms with Crippen molar-refractivity contribution >= 4 is 0 Å². The molecule has 0 amide bonds. The van der Waals surface area contributed by atoms with E-state index in [1.165, 1.54) is 38.5 Å². The van der Waals surface area contributed by atoms with E-state index in [0.717, 1.165) is 42.2 Å². The fourth-order valence-electron chi connectivity index (χ4n) is 4.45. The predicted octanol–water partition coefficient (Wildman–Crippen LogP) is 4.47. The monoisotopic (exact) mass is 251 g/mol. The van der Waals surface area contributed by atoms with Gasteiger partial charge in [-0.25, -0.2) is 0 Å². The van der Waals surface area contributed by atoms with Crippen molar-refractivity contribution in [2.24, 2.45) is 29.6 Å². The molecular formula is C17H33N. The van der Waals surface area contributed by atoms with Crippen LogP contribution < -0.4 is 5.32 Å². The zero-order valence-electron chi connectivity index (χ0n) is 12.9. The van der Waals surface area contributed by atoms with Crippen LogP contribution in [0.5, 0.6) is 0 Å². The van der Waals surface area contributed by atoms with Crippen molar-refractivity contribution in [1.82, 2.24) is 5.32 Å². The summed E-state index contributed by atoms with van der Waals surface area (Å²) in [4.78, 5) is 0. The summed E-state index contributed by atoms with van der Waals surface area (Å²) in [6.07, 6.45) is 8.79. The molecule has 1 nitrogen and oxygen atoms in total. The van der Waals surface area contributed by atoms with Gasteiger partial charge in [-0.1, -0.05) is 40.5 Å². The van der Waals surface area contributed by atoms with Crippen LogP contribution in [0, 0.1) is 29.6 Å². The molecule has 1 N–H and O–H groups in total.